The number of aryl methyl sites for hydroxylation is 1. The molecule has 1 aliphatic rings. The third-order valence-corrected chi connectivity index (χ3v) is 5.79. The Labute approximate surface area is 157 Å². The van der Waals surface area contributed by atoms with Crippen LogP contribution in [0.25, 0.3) is 10.2 Å². The van der Waals surface area contributed by atoms with Crippen molar-refractivity contribution in [2.24, 2.45) is 0 Å². The molecule has 2 amide bonds. The molecule has 0 aliphatic carbocycles. The Bertz CT molecular complexity index is 830. The summed E-state index contributed by atoms with van der Waals surface area (Å²) in [6.45, 7) is 5.22. The standard InChI is InChI=1S/C18H26N4O3S/c1-3-4-7-19-18(24)21-9-6-13-14(11-21)26-16-15(13)17(23)22(12-20-16)8-5-10-25-2/h12H,3-11H2,1-2H3,(H,19,24). The summed E-state index contributed by atoms with van der Waals surface area (Å²) in [5, 5.41) is 3.70. The number of ether oxygens (including phenoxy) is 1. The molecular formula is C18H26N4O3S. The Morgan fingerprint density at radius 3 is 3.04 bits per heavy atom. The largest absolute Gasteiger partial charge is 0.385 e. The van der Waals surface area contributed by atoms with Crippen molar-refractivity contribution in [1.82, 2.24) is 19.8 Å². The highest BCUT2D eigenvalue weighted by Gasteiger charge is 2.26. The zero-order valence-corrected chi connectivity index (χ0v) is 16.2. The Morgan fingerprint density at radius 1 is 1.42 bits per heavy atom. The number of methoxy groups -OCH3 is 1. The van der Waals surface area contributed by atoms with E-state index in [1.54, 1.807) is 18.0 Å². The summed E-state index contributed by atoms with van der Waals surface area (Å²) >= 11 is 1.53. The van der Waals surface area contributed by atoms with Gasteiger partial charge in [0.1, 0.15) is 4.83 Å². The molecule has 1 N–H and O–H groups in total. The minimum absolute atomic E-state index is 0.0180. The molecule has 142 valence electrons. The van der Waals surface area contributed by atoms with Gasteiger partial charge < -0.3 is 15.0 Å². The lowest BCUT2D eigenvalue weighted by molar-refractivity contribution is 0.190. The molecular weight excluding hydrogens is 352 g/mol. The molecule has 0 fully saturated rings. The van der Waals surface area contributed by atoms with E-state index in [4.69, 9.17) is 4.74 Å². The summed E-state index contributed by atoms with van der Waals surface area (Å²) in [5.41, 5.74) is 1.09. The third kappa shape index (κ3) is 3.91. The molecule has 8 heteroatoms. The predicted molar refractivity (Wildman–Crippen MR) is 103 cm³/mol. The Balaban J connectivity index is 1.79. The first-order valence-corrected chi connectivity index (χ1v) is 9.98. The molecule has 0 aromatic carbocycles. The molecule has 0 atom stereocenters. The number of hydrogen-bond acceptors (Lipinski definition) is 5. The number of hydrogen-bond donors (Lipinski definition) is 1. The van der Waals surface area contributed by atoms with Crippen molar-refractivity contribution in [2.45, 2.75) is 45.7 Å². The maximum absolute atomic E-state index is 12.8. The van der Waals surface area contributed by atoms with Crippen LogP contribution in [0.15, 0.2) is 11.1 Å². The fraction of sp³-hybridized carbons (Fsp3) is 0.611. The van der Waals surface area contributed by atoms with Crippen LogP contribution in [0.2, 0.25) is 0 Å². The third-order valence-electron chi connectivity index (χ3n) is 4.67. The minimum atomic E-state index is -0.0218. The Morgan fingerprint density at radius 2 is 2.27 bits per heavy atom. The van der Waals surface area contributed by atoms with Gasteiger partial charge in [-0.1, -0.05) is 13.3 Å². The molecule has 3 rings (SSSR count). The van der Waals surface area contributed by atoms with Crippen LogP contribution in [0.3, 0.4) is 0 Å². The average Bonchev–Trinajstić information content (AvgIpc) is 3.02. The van der Waals surface area contributed by atoms with Crippen LogP contribution in [-0.4, -0.2) is 47.3 Å². The summed E-state index contributed by atoms with van der Waals surface area (Å²) in [4.78, 5) is 33.3. The summed E-state index contributed by atoms with van der Waals surface area (Å²) in [7, 11) is 1.66. The Kier molecular flexibility index (Phi) is 6.26. The lowest BCUT2D eigenvalue weighted by Crippen LogP contribution is -2.42. The number of fused-ring (bicyclic) bond motifs is 3. The molecule has 0 saturated heterocycles. The van der Waals surface area contributed by atoms with E-state index in [1.165, 1.54) is 11.3 Å². The molecule has 2 aromatic rings. The van der Waals surface area contributed by atoms with E-state index < -0.39 is 0 Å². The van der Waals surface area contributed by atoms with Gasteiger partial charge in [0.15, 0.2) is 0 Å². The fourth-order valence-corrected chi connectivity index (χ4v) is 4.41. The first kappa shape index (κ1) is 18.8. The second-order valence-corrected chi connectivity index (χ2v) is 7.61. The highest BCUT2D eigenvalue weighted by molar-refractivity contribution is 7.18. The van der Waals surface area contributed by atoms with Crippen molar-refractivity contribution in [3.63, 3.8) is 0 Å². The van der Waals surface area contributed by atoms with Crippen LogP contribution in [-0.2, 0) is 24.2 Å². The van der Waals surface area contributed by atoms with Crippen molar-refractivity contribution < 1.29 is 9.53 Å². The predicted octanol–water partition coefficient (Wildman–Crippen LogP) is 2.36. The molecule has 0 radical (unpaired) electrons. The smallest absolute Gasteiger partial charge is 0.317 e. The van der Waals surface area contributed by atoms with Gasteiger partial charge >= 0.3 is 6.03 Å². The van der Waals surface area contributed by atoms with E-state index in [1.807, 2.05) is 4.90 Å². The number of aromatic nitrogens is 2. The van der Waals surface area contributed by atoms with Gasteiger partial charge in [-0.15, -0.1) is 11.3 Å². The van der Waals surface area contributed by atoms with Crippen molar-refractivity contribution in [3.05, 3.63) is 27.1 Å². The van der Waals surface area contributed by atoms with Gasteiger partial charge in [0.25, 0.3) is 5.56 Å². The summed E-state index contributed by atoms with van der Waals surface area (Å²) in [5.74, 6) is 0. The van der Waals surface area contributed by atoms with Gasteiger partial charge in [0.05, 0.1) is 18.3 Å². The normalized spacial score (nSPS) is 13.8. The van der Waals surface area contributed by atoms with Crippen LogP contribution in [0.4, 0.5) is 4.79 Å². The second-order valence-electron chi connectivity index (χ2n) is 6.53. The summed E-state index contributed by atoms with van der Waals surface area (Å²) in [6, 6.07) is -0.0218. The van der Waals surface area contributed by atoms with Gasteiger partial charge in [-0.05, 0) is 24.8 Å². The maximum Gasteiger partial charge on any atom is 0.317 e. The zero-order valence-electron chi connectivity index (χ0n) is 15.4. The van der Waals surface area contributed by atoms with E-state index in [0.717, 1.165) is 39.9 Å². The molecule has 1 aliphatic heterocycles. The molecule has 0 spiro atoms. The monoisotopic (exact) mass is 378 g/mol. The first-order chi connectivity index (χ1) is 12.7. The topological polar surface area (TPSA) is 76.5 Å². The molecule has 2 aromatic heterocycles. The van der Waals surface area contributed by atoms with Crippen LogP contribution in [0, 0.1) is 0 Å². The zero-order chi connectivity index (χ0) is 18.5. The number of nitrogens with zero attached hydrogens (tertiary/aromatic N) is 3. The molecule has 0 unspecified atom stereocenters. The number of rotatable bonds is 7. The fourth-order valence-electron chi connectivity index (χ4n) is 3.21. The van der Waals surface area contributed by atoms with Crippen molar-refractivity contribution in [3.8, 4) is 0 Å². The molecule has 0 saturated carbocycles. The number of carbonyl (C=O) groups is 1. The minimum Gasteiger partial charge on any atom is -0.385 e. The van der Waals surface area contributed by atoms with E-state index in [2.05, 4.69) is 17.2 Å². The highest BCUT2D eigenvalue weighted by Crippen LogP contribution is 2.32. The summed E-state index contributed by atoms with van der Waals surface area (Å²) in [6.07, 6.45) is 5.15. The molecule has 26 heavy (non-hydrogen) atoms. The van der Waals surface area contributed by atoms with Gasteiger partial charge in [0, 0.05) is 38.2 Å². The number of thiophene rings is 1. The van der Waals surface area contributed by atoms with Crippen LogP contribution in [0.1, 0.15) is 36.6 Å². The van der Waals surface area contributed by atoms with E-state index >= 15 is 0 Å². The van der Waals surface area contributed by atoms with Crippen molar-refractivity contribution in [1.29, 1.82) is 0 Å². The lowest BCUT2D eigenvalue weighted by atomic mass is 10.1. The van der Waals surface area contributed by atoms with E-state index in [0.29, 0.717) is 39.2 Å². The van der Waals surface area contributed by atoms with Gasteiger partial charge in [0.2, 0.25) is 0 Å². The molecule has 3 heterocycles. The summed E-state index contributed by atoms with van der Waals surface area (Å²) < 4.78 is 6.72. The Hall–Kier alpha value is -1.93. The maximum atomic E-state index is 12.8. The highest BCUT2D eigenvalue weighted by atomic mass is 32.1. The lowest BCUT2D eigenvalue weighted by Gasteiger charge is -2.27. The molecule has 0 bridgehead atoms. The van der Waals surface area contributed by atoms with E-state index in [-0.39, 0.29) is 11.6 Å². The quantitative estimate of drug-likeness (QED) is 0.751. The first-order valence-electron chi connectivity index (χ1n) is 9.17. The number of amides is 2. The van der Waals surface area contributed by atoms with Crippen LogP contribution < -0.4 is 10.9 Å². The van der Waals surface area contributed by atoms with Crippen molar-refractivity contribution in [2.75, 3.05) is 26.8 Å². The van der Waals surface area contributed by atoms with Gasteiger partial charge in [-0.2, -0.15) is 0 Å². The number of unbranched alkanes of at least 4 members (excludes halogenated alkanes) is 1. The van der Waals surface area contributed by atoms with Crippen molar-refractivity contribution >= 4 is 27.6 Å². The molecule has 7 nitrogen and oxygen atoms in total. The number of urea groups is 1. The van der Waals surface area contributed by atoms with Crippen LogP contribution in [0.5, 0.6) is 0 Å². The van der Waals surface area contributed by atoms with Gasteiger partial charge in [-0.25, -0.2) is 9.78 Å². The SMILES string of the molecule is CCCCNC(=O)N1CCc2c(sc3ncn(CCCOC)c(=O)c23)C1. The second kappa shape index (κ2) is 8.64. The number of nitrogens with one attached hydrogen (secondary N) is 1. The van der Waals surface area contributed by atoms with Crippen LogP contribution >= 0.6 is 11.3 Å². The van der Waals surface area contributed by atoms with E-state index in [9.17, 15) is 9.59 Å². The average molecular weight is 378 g/mol. The van der Waals surface area contributed by atoms with Gasteiger partial charge in [-0.3, -0.25) is 9.36 Å². The number of carbonyl (C=O) groups excluding carboxylic acids is 1.